The number of rotatable bonds is 0. The molecule has 0 amide bonds. The van der Waals surface area contributed by atoms with Crippen molar-refractivity contribution in [3.63, 3.8) is 0 Å². The summed E-state index contributed by atoms with van der Waals surface area (Å²) >= 11 is 0. The lowest BCUT2D eigenvalue weighted by atomic mass is 10.8. The Balaban J connectivity index is 2.20. The zero-order chi connectivity index (χ0) is 3.86. The maximum absolute atomic E-state index is 8.09. The molecule has 2 unspecified atom stereocenters. The Hall–Kier alpha value is -0.120. The summed E-state index contributed by atoms with van der Waals surface area (Å²) < 4.78 is 4.25. The van der Waals surface area contributed by atoms with Crippen molar-refractivity contribution in [1.29, 1.82) is 0 Å². The summed E-state index contributed by atoms with van der Waals surface area (Å²) in [7, 11) is 0. The van der Waals surface area contributed by atoms with E-state index in [0.717, 1.165) is 0 Å². The second-order valence-corrected chi connectivity index (χ2v) is 0.991. The Morgan fingerprint density at radius 3 is 2.00 bits per heavy atom. The van der Waals surface area contributed by atoms with Gasteiger partial charge in [-0.1, -0.05) is 0 Å². The van der Waals surface area contributed by atoms with Gasteiger partial charge < -0.3 is 15.6 Å². The van der Waals surface area contributed by atoms with Crippen LogP contribution in [0.5, 0.6) is 0 Å². The molecule has 3 nitrogen and oxygen atoms in total. The molecule has 30 valence electrons. The molecule has 1 aliphatic rings. The largest absolute Gasteiger partial charge is 0.365 e. The minimum atomic E-state index is -0.671. The Bertz CT molecular complexity index is 40.9. The van der Waals surface area contributed by atoms with Crippen LogP contribution < -0.4 is 5.73 Å². The first-order valence-electron chi connectivity index (χ1n) is 1.40. The number of hydrogen-bond donors (Lipinski definition) is 2. The Morgan fingerprint density at radius 2 is 2.00 bits per heavy atom. The van der Waals surface area contributed by atoms with E-state index in [1.165, 1.54) is 0 Å². The van der Waals surface area contributed by atoms with Gasteiger partial charge >= 0.3 is 0 Å². The second kappa shape index (κ2) is 0.680. The van der Waals surface area contributed by atoms with Gasteiger partial charge in [0.2, 0.25) is 0 Å². The highest BCUT2D eigenvalue weighted by Crippen LogP contribution is 2.09. The number of epoxide rings is 1. The first kappa shape index (κ1) is 3.08. The van der Waals surface area contributed by atoms with Gasteiger partial charge in [-0.05, 0) is 0 Å². The highest BCUT2D eigenvalue weighted by molar-refractivity contribution is 4.64. The van der Waals surface area contributed by atoms with Crippen LogP contribution in [-0.2, 0) is 4.74 Å². The SMILES string of the molecule is NC1OC1O. The highest BCUT2D eigenvalue weighted by Gasteiger charge is 2.31. The van der Waals surface area contributed by atoms with Crippen molar-refractivity contribution < 1.29 is 9.84 Å². The number of hydrogen-bond acceptors (Lipinski definition) is 3. The average molecular weight is 75.1 g/mol. The summed E-state index contributed by atoms with van der Waals surface area (Å²) in [5.41, 5.74) is 4.89. The van der Waals surface area contributed by atoms with Gasteiger partial charge in [-0.2, -0.15) is 0 Å². The first-order chi connectivity index (χ1) is 2.30. The van der Waals surface area contributed by atoms with E-state index >= 15 is 0 Å². The zero-order valence-electron chi connectivity index (χ0n) is 2.59. The lowest BCUT2D eigenvalue weighted by Gasteiger charge is -1.61. The van der Waals surface area contributed by atoms with Gasteiger partial charge in [0.05, 0.1) is 0 Å². The molecule has 5 heavy (non-hydrogen) atoms. The third kappa shape index (κ3) is 0.397. The van der Waals surface area contributed by atoms with E-state index in [9.17, 15) is 0 Å². The van der Waals surface area contributed by atoms with E-state index in [1.807, 2.05) is 0 Å². The molecule has 2 atom stereocenters. The van der Waals surface area contributed by atoms with E-state index in [0.29, 0.717) is 0 Å². The van der Waals surface area contributed by atoms with E-state index in [4.69, 9.17) is 10.8 Å². The van der Waals surface area contributed by atoms with Crippen molar-refractivity contribution in [2.45, 2.75) is 12.5 Å². The van der Waals surface area contributed by atoms with Gasteiger partial charge in [0.15, 0.2) is 12.5 Å². The Kier molecular flexibility index (Phi) is 0.419. The van der Waals surface area contributed by atoms with Crippen molar-refractivity contribution in [2.75, 3.05) is 0 Å². The van der Waals surface area contributed by atoms with E-state index in [2.05, 4.69) is 4.74 Å². The summed E-state index contributed by atoms with van der Waals surface area (Å²) in [6, 6.07) is 0. The molecular weight excluding hydrogens is 70.0 g/mol. The molecule has 1 aliphatic heterocycles. The first-order valence-corrected chi connectivity index (χ1v) is 1.40. The summed E-state index contributed by atoms with van der Waals surface area (Å²) in [5, 5.41) is 8.09. The number of aliphatic hydroxyl groups excluding tert-OH is 1. The molecule has 1 heterocycles. The van der Waals surface area contributed by atoms with E-state index in [1.54, 1.807) is 0 Å². The molecule has 1 fully saturated rings. The van der Waals surface area contributed by atoms with Crippen LogP contribution in [-0.4, -0.2) is 17.6 Å². The topological polar surface area (TPSA) is 58.8 Å². The zero-order valence-corrected chi connectivity index (χ0v) is 2.59. The van der Waals surface area contributed by atoms with Crippen molar-refractivity contribution in [3.05, 3.63) is 0 Å². The third-order valence-electron chi connectivity index (χ3n) is 0.501. The quantitative estimate of drug-likeness (QED) is 0.349. The van der Waals surface area contributed by atoms with Crippen LogP contribution in [0.4, 0.5) is 0 Å². The third-order valence-corrected chi connectivity index (χ3v) is 0.501. The number of nitrogens with two attached hydrogens (primary N) is 1. The fraction of sp³-hybridized carbons (Fsp3) is 1.00. The van der Waals surface area contributed by atoms with Crippen molar-refractivity contribution >= 4 is 0 Å². The Morgan fingerprint density at radius 1 is 1.80 bits per heavy atom. The van der Waals surface area contributed by atoms with Crippen LogP contribution >= 0.6 is 0 Å². The summed E-state index contributed by atoms with van der Waals surface area (Å²) in [6.07, 6.45) is -1.06. The van der Waals surface area contributed by atoms with Gasteiger partial charge in [0.1, 0.15) is 0 Å². The standard InChI is InChI=1S/C2H5NO2/c3-1-2(4)5-1/h1-2,4H,3H2. The molecule has 0 aromatic heterocycles. The monoisotopic (exact) mass is 75.0 g/mol. The molecule has 0 radical (unpaired) electrons. The van der Waals surface area contributed by atoms with E-state index in [-0.39, 0.29) is 0 Å². The second-order valence-electron chi connectivity index (χ2n) is 0.991. The van der Waals surface area contributed by atoms with Crippen LogP contribution in [0.2, 0.25) is 0 Å². The van der Waals surface area contributed by atoms with Crippen LogP contribution in [0.15, 0.2) is 0 Å². The normalized spacial score (nSPS) is 49.2. The van der Waals surface area contributed by atoms with Crippen LogP contribution in [0, 0.1) is 0 Å². The average Bonchev–Trinajstić information content (AvgIpc) is 1.79. The number of ether oxygens (including phenoxy) is 1. The van der Waals surface area contributed by atoms with E-state index < -0.39 is 12.5 Å². The molecule has 0 spiro atoms. The lowest BCUT2D eigenvalue weighted by molar-refractivity contribution is 0.156. The summed E-state index contributed by atoms with van der Waals surface area (Å²) in [4.78, 5) is 0. The maximum atomic E-state index is 8.09. The smallest absolute Gasteiger partial charge is 0.196 e. The predicted octanol–water partition coefficient (Wildman–Crippen LogP) is -1.38. The molecule has 0 saturated carbocycles. The van der Waals surface area contributed by atoms with Crippen LogP contribution in [0.1, 0.15) is 0 Å². The maximum Gasteiger partial charge on any atom is 0.196 e. The summed E-state index contributed by atoms with van der Waals surface area (Å²) in [6.45, 7) is 0. The molecule has 3 heteroatoms. The van der Waals surface area contributed by atoms with Gasteiger partial charge in [-0.3, -0.25) is 0 Å². The fourth-order valence-electron chi connectivity index (χ4n) is 0.116. The molecule has 0 aromatic rings. The highest BCUT2D eigenvalue weighted by atomic mass is 16.7. The van der Waals surface area contributed by atoms with Gasteiger partial charge in [0, 0.05) is 0 Å². The predicted molar refractivity (Wildman–Crippen MR) is 15.1 cm³/mol. The molecule has 1 rings (SSSR count). The van der Waals surface area contributed by atoms with Crippen LogP contribution in [0.25, 0.3) is 0 Å². The van der Waals surface area contributed by atoms with Gasteiger partial charge in [0.25, 0.3) is 0 Å². The molecule has 0 aromatic carbocycles. The molecule has 3 N–H and O–H groups in total. The molecule has 0 bridgehead atoms. The minimum Gasteiger partial charge on any atom is -0.365 e. The summed E-state index contributed by atoms with van der Waals surface area (Å²) in [5.74, 6) is 0. The van der Waals surface area contributed by atoms with Crippen molar-refractivity contribution in [1.82, 2.24) is 0 Å². The Labute approximate surface area is 29.3 Å². The van der Waals surface area contributed by atoms with Crippen molar-refractivity contribution in [3.8, 4) is 0 Å². The fourth-order valence-corrected chi connectivity index (χ4v) is 0.116. The minimum absolute atomic E-state index is 0.394. The lowest BCUT2D eigenvalue weighted by Crippen LogP contribution is -2.03. The van der Waals surface area contributed by atoms with Gasteiger partial charge in [-0.15, -0.1) is 0 Å². The van der Waals surface area contributed by atoms with Crippen LogP contribution in [0.3, 0.4) is 0 Å². The van der Waals surface area contributed by atoms with Gasteiger partial charge in [-0.25, -0.2) is 0 Å². The number of aliphatic hydroxyl groups is 1. The molecular formula is C2H5NO2. The molecule has 1 saturated heterocycles. The molecule has 0 aliphatic carbocycles. The van der Waals surface area contributed by atoms with Crippen molar-refractivity contribution in [2.24, 2.45) is 5.73 Å².